The van der Waals surface area contributed by atoms with Gasteiger partial charge in [0.05, 0.1) is 0 Å². The number of hydrogen-bond acceptors (Lipinski definition) is 0. The Labute approximate surface area is 91.9 Å². The monoisotopic (exact) mass is 203 g/mol. The minimum absolute atomic E-state index is 0.818. The topological polar surface area (TPSA) is 11.3 Å². The number of hydrogen-bond donors (Lipinski definition) is 0. The fraction of sp³-hybridized carbons (Fsp3) is 0.500. The highest BCUT2D eigenvalue weighted by Crippen LogP contribution is 2.33. The van der Waals surface area contributed by atoms with E-state index in [9.17, 15) is 0 Å². The predicted octanol–water partition coefficient (Wildman–Crippen LogP) is 3.35. The van der Waals surface area contributed by atoms with E-state index in [1.807, 2.05) is 12.2 Å². The molecule has 0 amide bonds. The summed E-state index contributed by atoms with van der Waals surface area (Å²) in [6.45, 7) is 2.28. The summed E-state index contributed by atoms with van der Waals surface area (Å²) in [4.78, 5) is 0. The molecule has 0 N–H and O–H groups in total. The molecule has 0 bridgehead atoms. The molecule has 1 nitrogen and oxygen atoms in total. The highest BCUT2D eigenvalue weighted by Gasteiger charge is 2.19. The van der Waals surface area contributed by atoms with Gasteiger partial charge in [-0.15, -0.1) is 0 Å². The number of ketones is 1. The number of allylic oxidation sites excluding steroid dienone is 6. The second-order valence-electron chi connectivity index (χ2n) is 4.39. The fourth-order valence-electron chi connectivity index (χ4n) is 2.45. The van der Waals surface area contributed by atoms with Crippen LogP contribution >= 0.6 is 0 Å². The van der Waals surface area contributed by atoms with Gasteiger partial charge in [0.2, 0.25) is 0 Å². The Morgan fingerprint density at radius 2 is 1.73 bits per heavy atom. The van der Waals surface area contributed by atoms with E-state index in [4.69, 9.17) is 4.42 Å². The van der Waals surface area contributed by atoms with Crippen LogP contribution in [0.3, 0.4) is 0 Å². The normalized spacial score (nSPS) is 21.2. The summed E-state index contributed by atoms with van der Waals surface area (Å²) < 4.78 is 5.17. The second kappa shape index (κ2) is 4.61. The Kier molecular flexibility index (Phi) is 3.20. The highest BCUT2D eigenvalue weighted by atomic mass is 16.4. The van der Waals surface area contributed by atoms with Gasteiger partial charge >= 0.3 is 5.78 Å². The lowest BCUT2D eigenvalue weighted by atomic mass is 9.92. The average molecular weight is 203 g/mol. The Hall–Kier alpha value is -1.11. The van der Waals surface area contributed by atoms with Crippen LogP contribution in [0.25, 0.3) is 0 Å². The van der Waals surface area contributed by atoms with Crippen LogP contribution in [0.4, 0.5) is 0 Å². The third kappa shape index (κ3) is 2.28. The van der Waals surface area contributed by atoms with Crippen LogP contribution in [0.2, 0.25) is 0 Å². The van der Waals surface area contributed by atoms with Crippen molar-refractivity contribution in [3.63, 3.8) is 0 Å². The van der Waals surface area contributed by atoms with Gasteiger partial charge in [0.15, 0.2) is 0 Å². The van der Waals surface area contributed by atoms with Crippen molar-refractivity contribution in [3.8, 4) is 0 Å². The lowest BCUT2D eigenvalue weighted by Gasteiger charge is -2.13. The quantitative estimate of drug-likeness (QED) is 0.579. The first kappa shape index (κ1) is 10.4. The van der Waals surface area contributed by atoms with E-state index < -0.39 is 0 Å². The maximum atomic E-state index is 5.17. The minimum Gasteiger partial charge on any atom is -0.258 e. The summed E-state index contributed by atoms with van der Waals surface area (Å²) >= 11 is 0. The Bertz CT molecular complexity index is 332. The second-order valence-corrected chi connectivity index (χ2v) is 4.39. The van der Waals surface area contributed by atoms with Crippen molar-refractivity contribution in [1.29, 1.82) is 0 Å². The Morgan fingerprint density at radius 1 is 1.13 bits per heavy atom. The zero-order valence-corrected chi connectivity index (χ0v) is 9.62. The highest BCUT2D eigenvalue weighted by molar-refractivity contribution is 6.01. The molecule has 2 rings (SSSR count). The third-order valence-corrected chi connectivity index (χ3v) is 3.51. The zero-order chi connectivity index (χ0) is 10.7. The lowest BCUT2D eigenvalue weighted by molar-refractivity contribution is -0.417. The van der Waals surface area contributed by atoms with Crippen LogP contribution < -0.4 is 0 Å². The van der Waals surface area contributed by atoms with Gasteiger partial charge in [-0.3, -0.25) is 4.42 Å². The van der Waals surface area contributed by atoms with Gasteiger partial charge in [-0.1, -0.05) is 18.4 Å². The maximum absolute atomic E-state index is 5.17. The summed E-state index contributed by atoms with van der Waals surface area (Å²) in [5.74, 6) is 1.76. The Balaban J connectivity index is 2.17. The molecule has 2 aliphatic carbocycles. The molecular weight excluding hydrogens is 184 g/mol. The van der Waals surface area contributed by atoms with E-state index in [1.54, 1.807) is 12.7 Å². The minimum atomic E-state index is 0.818. The van der Waals surface area contributed by atoms with Crippen LogP contribution in [0, 0.1) is 5.92 Å². The molecule has 0 heterocycles. The van der Waals surface area contributed by atoms with Crippen molar-refractivity contribution >= 4 is 5.78 Å². The molecule has 0 saturated heterocycles. The summed E-state index contributed by atoms with van der Waals surface area (Å²) in [5.41, 5.74) is 2.93. The Morgan fingerprint density at radius 3 is 2.27 bits per heavy atom. The molecule has 0 spiro atoms. The first-order valence-electron chi connectivity index (χ1n) is 5.79. The van der Waals surface area contributed by atoms with Gasteiger partial charge in [-0.25, -0.2) is 0 Å². The van der Waals surface area contributed by atoms with Gasteiger partial charge in [0.25, 0.3) is 7.11 Å². The first-order chi connectivity index (χ1) is 7.31. The smallest absolute Gasteiger partial charge is 0.258 e. The van der Waals surface area contributed by atoms with E-state index in [0.29, 0.717) is 0 Å². The van der Waals surface area contributed by atoms with Gasteiger partial charge in [0.1, 0.15) is 0 Å². The SMILES string of the molecule is C[O+]=C1C=CC(=C(C)C2CCCC2)C=C1. The standard InChI is InChI=1S/C14H19O/c1-11(12-5-3-4-6-12)13-7-9-14(15-2)10-8-13/h7-10,12H,3-6H2,1-2H3/q+1. The van der Waals surface area contributed by atoms with Crippen molar-refractivity contribution in [2.45, 2.75) is 32.6 Å². The predicted molar refractivity (Wildman–Crippen MR) is 63.9 cm³/mol. The fourth-order valence-corrected chi connectivity index (χ4v) is 2.45. The molecule has 1 fully saturated rings. The zero-order valence-electron chi connectivity index (χ0n) is 9.62. The molecule has 0 aromatic rings. The van der Waals surface area contributed by atoms with Crippen LogP contribution in [-0.4, -0.2) is 12.9 Å². The summed E-state index contributed by atoms with van der Waals surface area (Å²) in [7, 11) is 1.71. The van der Waals surface area contributed by atoms with Gasteiger partial charge in [0, 0.05) is 12.2 Å². The van der Waals surface area contributed by atoms with Crippen molar-refractivity contribution in [1.82, 2.24) is 0 Å². The lowest BCUT2D eigenvalue weighted by Crippen LogP contribution is -2.01. The first-order valence-corrected chi connectivity index (χ1v) is 5.79. The molecular formula is C14H19O+. The van der Waals surface area contributed by atoms with E-state index in [1.165, 1.54) is 31.3 Å². The van der Waals surface area contributed by atoms with E-state index >= 15 is 0 Å². The average Bonchev–Trinajstić information content (AvgIpc) is 2.82. The van der Waals surface area contributed by atoms with Gasteiger partial charge in [-0.05, 0) is 43.4 Å². The molecule has 15 heavy (non-hydrogen) atoms. The van der Waals surface area contributed by atoms with Crippen LogP contribution in [-0.2, 0) is 4.42 Å². The van der Waals surface area contributed by atoms with Crippen molar-refractivity contribution in [2.24, 2.45) is 5.92 Å². The van der Waals surface area contributed by atoms with Gasteiger partial charge in [-0.2, -0.15) is 0 Å². The molecule has 0 aliphatic heterocycles. The summed E-state index contributed by atoms with van der Waals surface area (Å²) in [5, 5.41) is 0. The third-order valence-electron chi connectivity index (χ3n) is 3.51. The summed E-state index contributed by atoms with van der Waals surface area (Å²) in [6.07, 6.45) is 14.0. The van der Waals surface area contributed by atoms with E-state index in [2.05, 4.69) is 19.1 Å². The number of carbonyl (C=O) groups excluding carboxylic acids is 1. The molecule has 1 heteroatoms. The van der Waals surface area contributed by atoms with Crippen molar-refractivity contribution in [2.75, 3.05) is 7.11 Å². The molecule has 0 aromatic heterocycles. The number of rotatable bonds is 1. The molecule has 0 atom stereocenters. The van der Waals surface area contributed by atoms with E-state index in [-0.39, 0.29) is 0 Å². The molecule has 2 aliphatic rings. The summed E-state index contributed by atoms with van der Waals surface area (Å²) in [6, 6.07) is 0. The van der Waals surface area contributed by atoms with Crippen LogP contribution in [0.5, 0.6) is 0 Å². The maximum Gasteiger partial charge on any atom is 0.343 e. The van der Waals surface area contributed by atoms with Gasteiger partial charge < -0.3 is 0 Å². The molecule has 1 saturated carbocycles. The molecule has 0 radical (unpaired) electrons. The van der Waals surface area contributed by atoms with Crippen LogP contribution in [0.15, 0.2) is 35.5 Å². The van der Waals surface area contributed by atoms with Crippen molar-refractivity contribution < 1.29 is 4.42 Å². The molecule has 80 valence electrons. The largest absolute Gasteiger partial charge is 0.343 e. The van der Waals surface area contributed by atoms with E-state index in [0.717, 1.165) is 11.7 Å². The molecule has 0 unspecified atom stereocenters. The molecule has 0 aromatic carbocycles. The van der Waals surface area contributed by atoms with Crippen molar-refractivity contribution in [3.05, 3.63) is 35.5 Å². The van der Waals surface area contributed by atoms with Crippen LogP contribution in [0.1, 0.15) is 32.6 Å².